The second-order valence-electron chi connectivity index (χ2n) is 7.87. The molecule has 1 fully saturated rings. The van der Waals surface area contributed by atoms with E-state index in [0.717, 1.165) is 30.0 Å². The Bertz CT molecular complexity index is 604. The molecule has 0 radical (unpaired) electrons. The average Bonchev–Trinajstić information content (AvgIpc) is 3.21. The molecule has 1 aromatic heterocycles. The van der Waals surface area contributed by atoms with Crippen LogP contribution in [0.4, 0.5) is 5.13 Å². The second-order valence-corrected chi connectivity index (χ2v) is 9.07. The van der Waals surface area contributed by atoms with E-state index in [1.54, 1.807) is 4.90 Å². The summed E-state index contributed by atoms with van der Waals surface area (Å²) in [6.07, 6.45) is 7.45. The van der Waals surface area contributed by atoms with Crippen LogP contribution in [-0.2, 0) is 9.59 Å². The molecule has 1 N–H and O–H groups in total. The number of nitrogens with one attached hydrogen (secondary N) is 1. The Kier molecular flexibility index (Phi) is 8.70. The summed E-state index contributed by atoms with van der Waals surface area (Å²) in [5.74, 6) is 0.623. The molecule has 7 heteroatoms. The first-order valence-corrected chi connectivity index (χ1v) is 10.8. The Hall–Kier alpha value is -1.47. The van der Waals surface area contributed by atoms with Gasteiger partial charge in [0, 0.05) is 17.8 Å². The van der Waals surface area contributed by atoms with Gasteiger partial charge in [-0.25, -0.2) is 4.98 Å². The van der Waals surface area contributed by atoms with E-state index in [1.807, 2.05) is 27.9 Å². The van der Waals surface area contributed by atoms with Crippen molar-refractivity contribution >= 4 is 28.3 Å². The normalized spacial score (nSPS) is 14.7. The number of anilines is 1. The predicted octanol–water partition coefficient (Wildman–Crippen LogP) is 3.45. The van der Waals surface area contributed by atoms with Gasteiger partial charge in [-0.3, -0.25) is 9.59 Å². The van der Waals surface area contributed by atoms with E-state index < -0.39 is 0 Å². The minimum Gasteiger partial charge on any atom is -0.333 e. The smallest absolute Gasteiger partial charge is 0.245 e. The molecule has 1 heterocycles. The van der Waals surface area contributed by atoms with Gasteiger partial charge in [0.1, 0.15) is 0 Å². The van der Waals surface area contributed by atoms with Crippen molar-refractivity contribution in [2.75, 3.05) is 39.0 Å². The molecule has 0 aliphatic heterocycles. The number of amides is 2. The molecule has 152 valence electrons. The van der Waals surface area contributed by atoms with Gasteiger partial charge < -0.3 is 15.1 Å². The van der Waals surface area contributed by atoms with Crippen LogP contribution in [0.1, 0.15) is 55.5 Å². The fourth-order valence-corrected chi connectivity index (χ4v) is 4.34. The lowest BCUT2D eigenvalue weighted by atomic mass is 10.0. The fourth-order valence-electron chi connectivity index (χ4n) is 3.51. The SMILES string of the molecule is Cc1nc(NC(=O)CN(CCCN(C)C)C(=O)CCC2CCCC2)sc1C. The van der Waals surface area contributed by atoms with E-state index in [9.17, 15) is 9.59 Å². The van der Waals surface area contributed by atoms with Gasteiger partial charge in [-0.15, -0.1) is 11.3 Å². The molecule has 0 saturated heterocycles. The molecule has 1 aromatic rings. The molecule has 0 aromatic carbocycles. The molecule has 0 bridgehead atoms. The first-order chi connectivity index (χ1) is 12.8. The minimum absolute atomic E-state index is 0.0994. The zero-order chi connectivity index (χ0) is 19.8. The Morgan fingerprint density at radius 1 is 1.19 bits per heavy atom. The van der Waals surface area contributed by atoms with Crippen LogP contribution in [-0.4, -0.2) is 60.3 Å². The third kappa shape index (κ3) is 7.58. The lowest BCUT2D eigenvalue weighted by Crippen LogP contribution is -2.39. The van der Waals surface area contributed by atoms with Crippen molar-refractivity contribution in [1.82, 2.24) is 14.8 Å². The van der Waals surface area contributed by atoms with Crippen molar-refractivity contribution in [1.29, 1.82) is 0 Å². The van der Waals surface area contributed by atoms with Gasteiger partial charge >= 0.3 is 0 Å². The number of nitrogens with zero attached hydrogens (tertiary/aromatic N) is 3. The third-order valence-electron chi connectivity index (χ3n) is 5.24. The van der Waals surface area contributed by atoms with Crippen LogP contribution < -0.4 is 5.32 Å². The molecule has 1 aliphatic rings. The summed E-state index contributed by atoms with van der Waals surface area (Å²) < 4.78 is 0. The van der Waals surface area contributed by atoms with Crippen LogP contribution in [0.5, 0.6) is 0 Å². The van der Waals surface area contributed by atoms with E-state index in [4.69, 9.17) is 0 Å². The largest absolute Gasteiger partial charge is 0.333 e. The Morgan fingerprint density at radius 2 is 1.89 bits per heavy atom. The van der Waals surface area contributed by atoms with Crippen LogP contribution in [0.15, 0.2) is 0 Å². The first kappa shape index (κ1) is 21.8. The van der Waals surface area contributed by atoms with E-state index in [-0.39, 0.29) is 18.4 Å². The monoisotopic (exact) mass is 394 g/mol. The molecule has 0 unspecified atom stereocenters. The van der Waals surface area contributed by atoms with Crippen molar-refractivity contribution in [3.8, 4) is 0 Å². The van der Waals surface area contributed by atoms with Gasteiger partial charge in [-0.1, -0.05) is 25.7 Å². The summed E-state index contributed by atoms with van der Waals surface area (Å²) in [6.45, 7) is 5.54. The molecule has 0 atom stereocenters. The van der Waals surface area contributed by atoms with E-state index >= 15 is 0 Å². The molecular weight excluding hydrogens is 360 g/mol. The second kappa shape index (κ2) is 10.8. The molecule has 1 saturated carbocycles. The molecule has 2 amide bonds. The zero-order valence-electron chi connectivity index (χ0n) is 17.2. The Morgan fingerprint density at radius 3 is 2.48 bits per heavy atom. The van der Waals surface area contributed by atoms with Gasteiger partial charge in [0.25, 0.3) is 0 Å². The van der Waals surface area contributed by atoms with Crippen LogP contribution in [0.25, 0.3) is 0 Å². The van der Waals surface area contributed by atoms with Gasteiger partial charge in [-0.05, 0) is 53.2 Å². The summed E-state index contributed by atoms with van der Waals surface area (Å²) in [7, 11) is 4.04. The van der Waals surface area contributed by atoms with Gasteiger partial charge in [0.05, 0.1) is 12.2 Å². The van der Waals surface area contributed by atoms with E-state index in [2.05, 4.69) is 15.2 Å². The van der Waals surface area contributed by atoms with E-state index in [1.165, 1.54) is 37.0 Å². The molecule has 6 nitrogen and oxygen atoms in total. The number of hydrogen-bond donors (Lipinski definition) is 1. The standard InChI is InChI=1S/C20H34N4O2S/c1-15-16(2)27-20(21-15)22-18(25)14-24(13-7-12-23(3)4)19(26)11-10-17-8-5-6-9-17/h17H,5-14H2,1-4H3,(H,21,22,25). The Balaban J connectivity index is 1.88. The Labute approximate surface area is 167 Å². The van der Waals surface area contributed by atoms with Gasteiger partial charge in [0.15, 0.2) is 5.13 Å². The number of aryl methyl sites for hydroxylation is 2. The fraction of sp³-hybridized carbons (Fsp3) is 0.750. The topological polar surface area (TPSA) is 65.5 Å². The van der Waals surface area contributed by atoms with Crippen LogP contribution in [0.2, 0.25) is 0 Å². The van der Waals surface area contributed by atoms with Crippen molar-refractivity contribution in [2.24, 2.45) is 5.92 Å². The summed E-state index contributed by atoms with van der Waals surface area (Å²) in [5.41, 5.74) is 0.936. The average molecular weight is 395 g/mol. The molecule has 27 heavy (non-hydrogen) atoms. The van der Waals surface area contributed by atoms with Gasteiger partial charge in [0.2, 0.25) is 11.8 Å². The maximum Gasteiger partial charge on any atom is 0.245 e. The molecule has 0 spiro atoms. The summed E-state index contributed by atoms with van der Waals surface area (Å²) in [6, 6.07) is 0. The quantitative estimate of drug-likeness (QED) is 0.660. The van der Waals surface area contributed by atoms with Crippen LogP contribution in [0, 0.1) is 19.8 Å². The summed E-state index contributed by atoms with van der Waals surface area (Å²) in [5, 5.41) is 3.46. The first-order valence-electron chi connectivity index (χ1n) is 10.0. The van der Waals surface area contributed by atoms with Crippen molar-refractivity contribution in [3.63, 3.8) is 0 Å². The molecule has 1 aliphatic carbocycles. The van der Waals surface area contributed by atoms with Gasteiger partial charge in [-0.2, -0.15) is 0 Å². The minimum atomic E-state index is -0.164. The highest BCUT2D eigenvalue weighted by atomic mass is 32.1. The summed E-state index contributed by atoms with van der Waals surface area (Å²) in [4.78, 5) is 34.5. The lowest BCUT2D eigenvalue weighted by Gasteiger charge is -2.23. The highest BCUT2D eigenvalue weighted by Gasteiger charge is 2.21. The highest BCUT2D eigenvalue weighted by Crippen LogP contribution is 2.28. The number of hydrogen-bond acceptors (Lipinski definition) is 5. The number of carbonyl (C=O) groups is 2. The van der Waals surface area contributed by atoms with Crippen LogP contribution in [0.3, 0.4) is 0 Å². The zero-order valence-corrected chi connectivity index (χ0v) is 18.0. The van der Waals surface area contributed by atoms with E-state index in [0.29, 0.717) is 24.0 Å². The number of rotatable bonds is 10. The number of carbonyl (C=O) groups excluding carboxylic acids is 2. The van der Waals surface area contributed by atoms with Crippen molar-refractivity contribution < 1.29 is 9.59 Å². The number of aromatic nitrogens is 1. The maximum atomic E-state index is 12.7. The lowest BCUT2D eigenvalue weighted by molar-refractivity contribution is -0.135. The predicted molar refractivity (Wildman–Crippen MR) is 111 cm³/mol. The van der Waals surface area contributed by atoms with Crippen molar-refractivity contribution in [3.05, 3.63) is 10.6 Å². The molecule has 2 rings (SSSR count). The van der Waals surface area contributed by atoms with Crippen molar-refractivity contribution in [2.45, 2.75) is 58.8 Å². The maximum absolute atomic E-state index is 12.7. The third-order valence-corrected chi connectivity index (χ3v) is 6.22. The molecular formula is C20H34N4O2S. The highest BCUT2D eigenvalue weighted by molar-refractivity contribution is 7.15. The van der Waals surface area contributed by atoms with Crippen LogP contribution >= 0.6 is 11.3 Å². The summed E-state index contributed by atoms with van der Waals surface area (Å²) >= 11 is 1.47. The number of thiazole rings is 1.